The van der Waals surface area contributed by atoms with Crippen LogP contribution in [0.1, 0.15) is 16.7 Å². The molecule has 0 aliphatic carbocycles. The summed E-state index contributed by atoms with van der Waals surface area (Å²) in [6, 6.07) is 29.2. The van der Waals surface area contributed by atoms with Gasteiger partial charge in [-0.2, -0.15) is 0 Å². The number of hydrogen-bond acceptors (Lipinski definition) is 0. The monoisotopic (exact) mass is 268 g/mol. The van der Waals surface area contributed by atoms with Crippen LogP contribution in [-0.4, -0.2) is 0 Å². The summed E-state index contributed by atoms with van der Waals surface area (Å²) in [5, 5.41) is 4.86. The lowest BCUT2D eigenvalue weighted by Crippen LogP contribution is -1.94. The summed E-state index contributed by atoms with van der Waals surface area (Å²) in [4.78, 5) is 0. The van der Waals surface area contributed by atoms with Crippen LogP contribution in [0.15, 0.2) is 84.9 Å². The lowest BCUT2D eigenvalue weighted by molar-refractivity contribution is 1.23. The highest BCUT2D eigenvalue weighted by atomic mass is 14.9. The third-order valence-electron chi connectivity index (χ3n) is 3.75. The molecule has 99 valence electrons. The van der Waals surface area contributed by atoms with Crippen molar-refractivity contribution in [3.8, 4) is 0 Å². The first-order chi connectivity index (χ1) is 10.4. The smallest absolute Gasteiger partial charge is 0.0794 e. The van der Waals surface area contributed by atoms with E-state index in [2.05, 4.69) is 66.7 Å². The lowest BCUT2D eigenvalue weighted by atomic mass is 9.95. The molecule has 0 fully saturated rings. The van der Waals surface area contributed by atoms with Gasteiger partial charge in [-0.15, -0.1) is 0 Å². The van der Waals surface area contributed by atoms with E-state index in [0.717, 1.165) is 16.9 Å². The van der Waals surface area contributed by atoms with Crippen LogP contribution in [-0.2, 0) is 0 Å². The quantitative estimate of drug-likeness (QED) is 0.630. The van der Waals surface area contributed by atoms with Gasteiger partial charge in [0.05, 0.1) is 11.4 Å². The van der Waals surface area contributed by atoms with Crippen molar-refractivity contribution in [3.05, 3.63) is 102 Å². The zero-order chi connectivity index (χ0) is 14.1. The number of para-hydroxylation sites is 1. The van der Waals surface area contributed by atoms with Gasteiger partial charge in [0.15, 0.2) is 0 Å². The maximum absolute atomic E-state index is 4.86. The average Bonchev–Trinajstić information content (AvgIpc) is 2.96. The van der Waals surface area contributed by atoms with Gasteiger partial charge in [-0.3, -0.25) is 0 Å². The van der Waals surface area contributed by atoms with Crippen LogP contribution in [0, 0.1) is 0 Å². The molecule has 1 nitrogen and oxygen atoms in total. The molecule has 1 radical (unpaired) electrons. The predicted octanol–water partition coefficient (Wildman–Crippen LogP) is 4.85. The first kappa shape index (κ1) is 12.0. The molecule has 0 atom stereocenters. The van der Waals surface area contributed by atoms with Crippen molar-refractivity contribution in [1.29, 1.82) is 0 Å². The minimum absolute atomic E-state index is 1.05. The number of fused-ring (bicyclic) bond motifs is 1. The SMILES string of the molecule is c1ccc(C2=C(c3ccccc3)c3ccccc3[N]2)cc1. The Bertz CT molecular complexity index is 802. The molecule has 0 aromatic heterocycles. The second-order valence-electron chi connectivity index (χ2n) is 5.08. The first-order valence-corrected chi connectivity index (χ1v) is 7.10. The Morgan fingerprint density at radius 3 is 1.81 bits per heavy atom. The zero-order valence-corrected chi connectivity index (χ0v) is 11.5. The predicted molar refractivity (Wildman–Crippen MR) is 87.0 cm³/mol. The molecule has 3 aromatic rings. The summed E-state index contributed by atoms with van der Waals surface area (Å²) in [6.45, 7) is 0. The molecule has 21 heavy (non-hydrogen) atoms. The highest BCUT2D eigenvalue weighted by molar-refractivity contribution is 6.05. The van der Waals surface area contributed by atoms with Crippen LogP contribution in [0.2, 0.25) is 0 Å². The molecule has 1 aliphatic rings. The minimum atomic E-state index is 1.05. The summed E-state index contributed by atoms with van der Waals surface area (Å²) < 4.78 is 0. The number of hydrogen-bond donors (Lipinski definition) is 0. The molecule has 1 aliphatic heterocycles. The van der Waals surface area contributed by atoms with Gasteiger partial charge in [0, 0.05) is 16.7 Å². The van der Waals surface area contributed by atoms with E-state index in [0.29, 0.717) is 0 Å². The molecule has 0 amide bonds. The average molecular weight is 268 g/mol. The largest absolute Gasteiger partial charge is 0.247 e. The standard InChI is InChI=1S/C20H14N/c1-3-9-15(10-4-1)19-17-13-7-8-14-18(17)21-20(19)16-11-5-2-6-12-16/h1-14H. The number of rotatable bonds is 2. The van der Waals surface area contributed by atoms with Gasteiger partial charge in [-0.05, 0) is 11.6 Å². The molecule has 1 heterocycles. The van der Waals surface area contributed by atoms with Gasteiger partial charge in [-0.1, -0.05) is 78.9 Å². The minimum Gasteiger partial charge on any atom is -0.247 e. The summed E-state index contributed by atoms with van der Waals surface area (Å²) >= 11 is 0. The fourth-order valence-electron chi connectivity index (χ4n) is 2.79. The zero-order valence-electron chi connectivity index (χ0n) is 11.5. The molecule has 0 N–H and O–H groups in total. The Labute approximate surface area is 124 Å². The van der Waals surface area contributed by atoms with Crippen molar-refractivity contribution >= 4 is 17.0 Å². The van der Waals surface area contributed by atoms with Crippen molar-refractivity contribution in [2.24, 2.45) is 0 Å². The third kappa shape index (κ3) is 2.03. The Morgan fingerprint density at radius 2 is 1.10 bits per heavy atom. The van der Waals surface area contributed by atoms with Crippen LogP contribution in [0.25, 0.3) is 11.3 Å². The van der Waals surface area contributed by atoms with E-state index in [-0.39, 0.29) is 0 Å². The molecule has 0 bridgehead atoms. The molecule has 4 rings (SSSR count). The second-order valence-corrected chi connectivity index (χ2v) is 5.08. The summed E-state index contributed by atoms with van der Waals surface area (Å²) in [5.74, 6) is 0. The lowest BCUT2D eigenvalue weighted by Gasteiger charge is -2.07. The summed E-state index contributed by atoms with van der Waals surface area (Å²) in [6.07, 6.45) is 0. The molecule has 0 spiro atoms. The Morgan fingerprint density at radius 1 is 0.524 bits per heavy atom. The summed E-state index contributed by atoms with van der Waals surface area (Å²) in [5.41, 5.74) is 6.91. The molecule has 0 saturated heterocycles. The maximum Gasteiger partial charge on any atom is 0.0794 e. The van der Waals surface area contributed by atoms with Crippen molar-refractivity contribution in [2.75, 3.05) is 0 Å². The third-order valence-corrected chi connectivity index (χ3v) is 3.75. The van der Waals surface area contributed by atoms with E-state index in [1.807, 2.05) is 18.2 Å². The molecule has 0 unspecified atom stereocenters. The van der Waals surface area contributed by atoms with Gasteiger partial charge in [-0.25, -0.2) is 5.32 Å². The Balaban J connectivity index is 1.97. The molecule has 0 saturated carbocycles. The van der Waals surface area contributed by atoms with Crippen molar-refractivity contribution < 1.29 is 0 Å². The highest BCUT2D eigenvalue weighted by Crippen LogP contribution is 2.42. The fourth-order valence-corrected chi connectivity index (χ4v) is 2.79. The van der Waals surface area contributed by atoms with E-state index in [1.165, 1.54) is 16.7 Å². The van der Waals surface area contributed by atoms with E-state index in [4.69, 9.17) is 5.32 Å². The highest BCUT2D eigenvalue weighted by Gasteiger charge is 2.24. The van der Waals surface area contributed by atoms with Gasteiger partial charge >= 0.3 is 0 Å². The second kappa shape index (κ2) is 4.95. The molecular formula is C20H14N. The Hall–Kier alpha value is -2.80. The molecular weight excluding hydrogens is 254 g/mol. The van der Waals surface area contributed by atoms with E-state index in [1.54, 1.807) is 0 Å². The Kier molecular flexibility index (Phi) is 2.82. The van der Waals surface area contributed by atoms with Gasteiger partial charge in [0.1, 0.15) is 0 Å². The van der Waals surface area contributed by atoms with Crippen molar-refractivity contribution in [2.45, 2.75) is 0 Å². The molecule has 3 aromatic carbocycles. The van der Waals surface area contributed by atoms with Crippen molar-refractivity contribution in [3.63, 3.8) is 0 Å². The summed E-state index contributed by atoms with van der Waals surface area (Å²) in [7, 11) is 0. The van der Waals surface area contributed by atoms with Crippen LogP contribution in [0.4, 0.5) is 5.69 Å². The van der Waals surface area contributed by atoms with Crippen molar-refractivity contribution in [1.82, 2.24) is 5.32 Å². The van der Waals surface area contributed by atoms with Gasteiger partial charge in [0.25, 0.3) is 0 Å². The first-order valence-electron chi connectivity index (χ1n) is 7.10. The van der Waals surface area contributed by atoms with Gasteiger partial charge < -0.3 is 0 Å². The topological polar surface area (TPSA) is 14.1 Å². The van der Waals surface area contributed by atoms with Crippen LogP contribution in [0.3, 0.4) is 0 Å². The fraction of sp³-hybridized carbons (Fsp3) is 0. The number of nitrogens with zero attached hydrogens (tertiary/aromatic N) is 1. The van der Waals surface area contributed by atoms with E-state index in [9.17, 15) is 0 Å². The van der Waals surface area contributed by atoms with Gasteiger partial charge in [0.2, 0.25) is 0 Å². The number of benzene rings is 3. The van der Waals surface area contributed by atoms with Crippen LogP contribution < -0.4 is 5.32 Å². The molecule has 1 heteroatoms. The maximum atomic E-state index is 4.86. The van der Waals surface area contributed by atoms with E-state index >= 15 is 0 Å². The van der Waals surface area contributed by atoms with Crippen LogP contribution in [0.5, 0.6) is 0 Å². The van der Waals surface area contributed by atoms with Crippen LogP contribution >= 0.6 is 0 Å². The normalized spacial score (nSPS) is 13.0. The van der Waals surface area contributed by atoms with E-state index < -0.39 is 0 Å².